The average Bonchev–Trinajstić information content (AvgIpc) is 2.79. The molecule has 1 heterocycles. The first-order chi connectivity index (χ1) is 9.22. The summed E-state index contributed by atoms with van der Waals surface area (Å²) in [7, 11) is 0. The Labute approximate surface area is 112 Å². The number of hydrogen-bond donors (Lipinski definition) is 0. The quantitative estimate of drug-likeness (QED) is 0.602. The second-order valence-electron chi connectivity index (χ2n) is 4.36. The van der Waals surface area contributed by atoms with E-state index < -0.39 is 0 Å². The Bertz CT molecular complexity index is 593. The maximum atomic E-state index is 11.2. The number of hydrogen-bond acceptors (Lipinski definition) is 3. The molecule has 1 aromatic carbocycles. The van der Waals surface area contributed by atoms with Gasteiger partial charge in [-0.3, -0.25) is 0 Å². The summed E-state index contributed by atoms with van der Waals surface area (Å²) in [4.78, 5) is 11.2. The molecule has 3 nitrogen and oxygen atoms in total. The van der Waals surface area contributed by atoms with Crippen molar-refractivity contribution in [3.63, 3.8) is 0 Å². The van der Waals surface area contributed by atoms with Gasteiger partial charge in [-0.05, 0) is 43.2 Å². The van der Waals surface area contributed by atoms with E-state index in [-0.39, 0.29) is 5.97 Å². The van der Waals surface area contributed by atoms with Crippen molar-refractivity contribution in [2.24, 2.45) is 0 Å². The van der Waals surface area contributed by atoms with Crippen LogP contribution in [0.15, 0.2) is 34.8 Å². The molecule has 2 rings (SSSR count). The number of aryl methyl sites for hydroxylation is 1. The van der Waals surface area contributed by atoms with Crippen LogP contribution in [0.1, 0.15) is 31.6 Å². The lowest BCUT2D eigenvalue weighted by Gasteiger charge is -1.96. The van der Waals surface area contributed by atoms with Gasteiger partial charge < -0.3 is 9.15 Å². The molecule has 0 bridgehead atoms. The van der Waals surface area contributed by atoms with Gasteiger partial charge in [-0.15, -0.1) is 0 Å². The lowest BCUT2D eigenvalue weighted by molar-refractivity contribution is -0.137. The van der Waals surface area contributed by atoms with Crippen molar-refractivity contribution in [1.29, 1.82) is 0 Å². The van der Waals surface area contributed by atoms with E-state index >= 15 is 0 Å². The van der Waals surface area contributed by atoms with Gasteiger partial charge >= 0.3 is 5.97 Å². The Kier molecular flexibility index (Phi) is 4.39. The first kappa shape index (κ1) is 13.4. The molecular weight excluding hydrogens is 240 g/mol. The van der Waals surface area contributed by atoms with Gasteiger partial charge in [0.25, 0.3) is 0 Å². The predicted molar refractivity (Wildman–Crippen MR) is 75.9 cm³/mol. The fourth-order valence-electron chi connectivity index (χ4n) is 1.98. The van der Waals surface area contributed by atoms with Crippen molar-refractivity contribution < 1.29 is 13.9 Å². The molecule has 3 heteroatoms. The summed E-state index contributed by atoms with van der Waals surface area (Å²) >= 11 is 0. The highest BCUT2D eigenvalue weighted by molar-refractivity contribution is 5.88. The zero-order valence-electron chi connectivity index (χ0n) is 11.3. The van der Waals surface area contributed by atoms with Crippen molar-refractivity contribution in [2.75, 3.05) is 6.61 Å². The molecule has 0 N–H and O–H groups in total. The first-order valence-electron chi connectivity index (χ1n) is 6.60. The number of carbonyl (C=O) groups is 1. The molecule has 100 valence electrons. The van der Waals surface area contributed by atoms with E-state index in [4.69, 9.17) is 9.15 Å². The molecular formula is C16H18O3. The standard InChI is InChI=1S/C16H18O3/c1-3-5-12-6-8-15-13(10-12)11-14(19-15)7-9-16(17)18-4-2/h6-11H,3-5H2,1-2H3/b9-7+. The Hall–Kier alpha value is -2.03. The lowest BCUT2D eigenvalue weighted by atomic mass is 10.1. The maximum Gasteiger partial charge on any atom is 0.330 e. The summed E-state index contributed by atoms with van der Waals surface area (Å²) in [5, 5.41) is 1.06. The molecule has 0 unspecified atom stereocenters. The summed E-state index contributed by atoms with van der Waals surface area (Å²) < 4.78 is 10.5. The number of furan rings is 1. The Balaban J connectivity index is 2.19. The summed E-state index contributed by atoms with van der Waals surface area (Å²) in [5.41, 5.74) is 2.14. The van der Waals surface area contributed by atoms with Gasteiger partial charge in [-0.1, -0.05) is 19.4 Å². The number of benzene rings is 1. The van der Waals surface area contributed by atoms with E-state index in [2.05, 4.69) is 19.1 Å². The second-order valence-corrected chi connectivity index (χ2v) is 4.36. The summed E-state index contributed by atoms with van der Waals surface area (Å²) in [5.74, 6) is 0.311. The molecule has 0 fully saturated rings. The monoisotopic (exact) mass is 258 g/mol. The van der Waals surface area contributed by atoms with Gasteiger partial charge in [0, 0.05) is 11.5 Å². The Morgan fingerprint density at radius 3 is 2.89 bits per heavy atom. The van der Waals surface area contributed by atoms with Gasteiger partial charge in [0.15, 0.2) is 0 Å². The van der Waals surface area contributed by atoms with Crippen molar-refractivity contribution in [2.45, 2.75) is 26.7 Å². The number of ether oxygens (including phenoxy) is 1. The molecule has 0 aliphatic carbocycles. The largest absolute Gasteiger partial charge is 0.463 e. The summed E-state index contributed by atoms with van der Waals surface area (Å²) in [6, 6.07) is 8.12. The van der Waals surface area contributed by atoms with Crippen molar-refractivity contribution in [1.82, 2.24) is 0 Å². The zero-order chi connectivity index (χ0) is 13.7. The average molecular weight is 258 g/mol. The van der Waals surface area contributed by atoms with Crippen LogP contribution >= 0.6 is 0 Å². The zero-order valence-corrected chi connectivity index (χ0v) is 11.3. The molecule has 1 aromatic heterocycles. The van der Waals surface area contributed by atoms with Crippen molar-refractivity contribution in [3.05, 3.63) is 41.7 Å². The van der Waals surface area contributed by atoms with Crippen LogP contribution in [0.2, 0.25) is 0 Å². The molecule has 0 radical (unpaired) electrons. The van der Waals surface area contributed by atoms with Crippen LogP contribution in [-0.4, -0.2) is 12.6 Å². The second kappa shape index (κ2) is 6.23. The SMILES string of the molecule is CCCc1ccc2oc(/C=C/C(=O)OCC)cc2c1. The van der Waals surface area contributed by atoms with Gasteiger partial charge in [0.05, 0.1) is 6.61 Å². The molecule has 0 aliphatic rings. The molecule has 0 atom stereocenters. The van der Waals surface area contributed by atoms with Crippen molar-refractivity contribution >= 4 is 23.0 Å². The lowest BCUT2D eigenvalue weighted by Crippen LogP contribution is -1.98. The van der Waals surface area contributed by atoms with Gasteiger partial charge in [0.2, 0.25) is 0 Å². The van der Waals surface area contributed by atoms with Crippen molar-refractivity contribution in [3.8, 4) is 0 Å². The normalized spacial score (nSPS) is 11.3. The summed E-state index contributed by atoms with van der Waals surface area (Å²) in [6.45, 7) is 4.32. The van der Waals surface area contributed by atoms with E-state index in [1.165, 1.54) is 11.6 Å². The van der Waals surface area contributed by atoms with Gasteiger partial charge in [-0.2, -0.15) is 0 Å². The highest BCUT2D eigenvalue weighted by Gasteiger charge is 2.03. The van der Waals surface area contributed by atoms with E-state index in [0.717, 1.165) is 23.8 Å². The molecule has 0 aliphatic heterocycles. The van der Waals surface area contributed by atoms with Crippen LogP contribution in [0.4, 0.5) is 0 Å². The van der Waals surface area contributed by atoms with E-state index in [9.17, 15) is 4.79 Å². The number of fused-ring (bicyclic) bond motifs is 1. The highest BCUT2D eigenvalue weighted by atomic mass is 16.5. The molecule has 0 saturated heterocycles. The molecule has 0 amide bonds. The fourth-order valence-corrected chi connectivity index (χ4v) is 1.98. The molecule has 0 spiro atoms. The van der Waals surface area contributed by atoms with Crippen LogP contribution in [0.25, 0.3) is 17.0 Å². The van der Waals surface area contributed by atoms with Crippen LogP contribution in [0.3, 0.4) is 0 Å². The topological polar surface area (TPSA) is 39.4 Å². The third kappa shape index (κ3) is 3.47. The van der Waals surface area contributed by atoms with E-state index in [0.29, 0.717) is 12.4 Å². The predicted octanol–water partition coefficient (Wildman–Crippen LogP) is 3.96. The molecule has 0 saturated carbocycles. The molecule has 2 aromatic rings. The third-order valence-electron chi connectivity index (χ3n) is 2.81. The Morgan fingerprint density at radius 2 is 2.16 bits per heavy atom. The van der Waals surface area contributed by atoms with Crippen LogP contribution in [-0.2, 0) is 16.0 Å². The highest BCUT2D eigenvalue weighted by Crippen LogP contribution is 2.22. The number of rotatable bonds is 5. The maximum absolute atomic E-state index is 11.2. The number of esters is 1. The van der Waals surface area contributed by atoms with Crippen LogP contribution in [0.5, 0.6) is 0 Å². The number of carbonyl (C=O) groups excluding carboxylic acids is 1. The van der Waals surface area contributed by atoms with E-state index in [1.54, 1.807) is 13.0 Å². The summed E-state index contributed by atoms with van der Waals surface area (Å²) in [6.07, 6.45) is 5.21. The first-order valence-corrected chi connectivity index (χ1v) is 6.60. The Morgan fingerprint density at radius 1 is 1.32 bits per heavy atom. The third-order valence-corrected chi connectivity index (χ3v) is 2.81. The van der Waals surface area contributed by atoms with E-state index in [1.807, 2.05) is 12.1 Å². The minimum Gasteiger partial charge on any atom is -0.463 e. The minimum absolute atomic E-state index is 0.352. The minimum atomic E-state index is -0.352. The molecule has 19 heavy (non-hydrogen) atoms. The smallest absolute Gasteiger partial charge is 0.330 e. The van der Waals surface area contributed by atoms with Crippen LogP contribution < -0.4 is 0 Å². The fraction of sp³-hybridized carbons (Fsp3) is 0.312. The van der Waals surface area contributed by atoms with Crippen LogP contribution in [0, 0.1) is 0 Å². The van der Waals surface area contributed by atoms with Gasteiger partial charge in [-0.25, -0.2) is 4.79 Å². The van der Waals surface area contributed by atoms with Gasteiger partial charge in [0.1, 0.15) is 11.3 Å².